The third-order valence-electron chi connectivity index (χ3n) is 4.18. The molecule has 0 spiro atoms. The van der Waals surface area contributed by atoms with Crippen molar-refractivity contribution in [2.75, 3.05) is 10.6 Å². The quantitative estimate of drug-likeness (QED) is 0.762. The Balaban J connectivity index is 1.55. The van der Waals surface area contributed by atoms with Crippen LogP contribution in [0.5, 0.6) is 5.75 Å². The average Bonchev–Trinajstić information content (AvgIpc) is 3.18. The first kappa shape index (κ1) is 16.0. The lowest BCUT2D eigenvalue weighted by atomic mass is 10.1. The van der Waals surface area contributed by atoms with Crippen LogP contribution in [0.15, 0.2) is 67.0 Å². The molecule has 26 heavy (non-hydrogen) atoms. The van der Waals surface area contributed by atoms with Gasteiger partial charge in [-0.2, -0.15) is 0 Å². The van der Waals surface area contributed by atoms with Crippen LogP contribution in [0.1, 0.15) is 17.3 Å². The van der Waals surface area contributed by atoms with Gasteiger partial charge in [-0.3, -0.25) is 9.59 Å². The van der Waals surface area contributed by atoms with Gasteiger partial charge >= 0.3 is 0 Å². The number of hydrogen-bond acceptors (Lipinski definition) is 3. The third kappa shape index (κ3) is 3.04. The topological polar surface area (TPSA) is 72.4 Å². The van der Waals surface area contributed by atoms with E-state index in [4.69, 9.17) is 4.74 Å². The van der Waals surface area contributed by atoms with Crippen LogP contribution in [0.3, 0.4) is 0 Å². The van der Waals surface area contributed by atoms with Crippen molar-refractivity contribution in [1.82, 2.24) is 4.57 Å². The van der Waals surface area contributed by atoms with E-state index in [2.05, 4.69) is 10.6 Å². The Bertz CT molecular complexity index is 980. The number of fused-ring (bicyclic) bond motifs is 1. The standard InChI is InChI=1S/C20H17N3O3/c1-13-19(24)22-17-12-15(7-8-18(17)26-13)21-20(25)14-5-4-6-16(11-14)23-9-2-3-10-23/h2-13H,1H3,(H,21,25)(H,22,24)/t13-/m0/s1. The first-order valence-corrected chi connectivity index (χ1v) is 8.26. The Morgan fingerprint density at radius 1 is 1.12 bits per heavy atom. The molecule has 0 aliphatic carbocycles. The van der Waals surface area contributed by atoms with E-state index in [0.29, 0.717) is 22.7 Å². The zero-order valence-electron chi connectivity index (χ0n) is 14.1. The average molecular weight is 347 g/mol. The lowest BCUT2D eigenvalue weighted by Crippen LogP contribution is -2.34. The van der Waals surface area contributed by atoms with E-state index >= 15 is 0 Å². The molecule has 0 fully saturated rings. The molecule has 2 heterocycles. The predicted molar refractivity (Wildman–Crippen MR) is 98.9 cm³/mol. The minimum absolute atomic E-state index is 0.208. The highest BCUT2D eigenvalue weighted by Crippen LogP contribution is 2.32. The summed E-state index contributed by atoms with van der Waals surface area (Å²) in [5.74, 6) is 0.153. The van der Waals surface area contributed by atoms with Crippen LogP contribution in [-0.4, -0.2) is 22.5 Å². The van der Waals surface area contributed by atoms with Crippen molar-refractivity contribution in [2.45, 2.75) is 13.0 Å². The molecule has 2 aromatic carbocycles. The Kier molecular flexibility index (Phi) is 3.93. The molecule has 1 aromatic heterocycles. The molecular formula is C20H17N3O3. The molecule has 2 amide bonds. The number of benzene rings is 2. The second-order valence-corrected chi connectivity index (χ2v) is 6.06. The number of rotatable bonds is 3. The summed E-state index contributed by atoms with van der Waals surface area (Å²) in [4.78, 5) is 24.3. The monoisotopic (exact) mass is 347 g/mol. The van der Waals surface area contributed by atoms with Crippen LogP contribution in [0.4, 0.5) is 11.4 Å². The number of amides is 2. The van der Waals surface area contributed by atoms with Crippen LogP contribution in [-0.2, 0) is 4.79 Å². The predicted octanol–water partition coefficient (Wildman–Crippen LogP) is 3.45. The maximum absolute atomic E-state index is 12.6. The second kappa shape index (κ2) is 6.40. The van der Waals surface area contributed by atoms with Crippen molar-refractivity contribution >= 4 is 23.2 Å². The lowest BCUT2D eigenvalue weighted by Gasteiger charge is -2.23. The van der Waals surface area contributed by atoms with Gasteiger partial charge in [-0.25, -0.2) is 0 Å². The molecule has 1 aliphatic heterocycles. The summed E-state index contributed by atoms with van der Waals surface area (Å²) in [6, 6.07) is 16.4. The molecule has 2 N–H and O–H groups in total. The summed E-state index contributed by atoms with van der Waals surface area (Å²) in [5, 5.41) is 5.62. The number of hydrogen-bond donors (Lipinski definition) is 2. The van der Waals surface area contributed by atoms with Crippen molar-refractivity contribution in [3.8, 4) is 11.4 Å². The number of anilines is 2. The van der Waals surface area contributed by atoms with Gasteiger partial charge in [0.05, 0.1) is 5.69 Å². The maximum Gasteiger partial charge on any atom is 0.265 e. The smallest absolute Gasteiger partial charge is 0.265 e. The number of carbonyl (C=O) groups excluding carboxylic acids is 2. The van der Waals surface area contributed by atoms with Crippen molar-refractivity contribution in [1.29, 1.82) is 0 Å². The van der Waals surface area contributed by atoms with E-state index in [1.54, 1.807) is 31.2 Å². The number of nitrogens with one attached hydrogen (secondary N) is 2. The minimum Gasteiger partial charge on any atom is -0.479 e. The highest BCUT2D eigenvalue weighted by atomic mass is 16.5. The number of carbonyl (C=O) groups is 2. The van der Waals surface area contributed by atoms with Gasteiger partial charge in [0.15, 0.2) is 6.10 Å². The molecule has 0 unspecified atom stereocenters. The van der Waals surface area contributed by atoms with Gasteiger partial charge in [0.25, 0.3) is 11.8 Å². The van der Waals surface area contributed by atoms with E-state index in [1.165, 1.54) is 0 Å². The van der Waals surface area contributed by atoms with E-state index in [0.717, 1.165) is 5.69 Å². The third-order valence-corrected chi connectivity index (χ3v) is 4.18. The molecule has 0 saturated carbocycles. The molecule has 4 rings (SSSR count). The van der Waals surface area contributed by atoms with Crippen molar-refractivity contribution < 1.29 is 14.3 Å². The zero-order valence-corrected chi connectivity index (χ0v) is 14.1. The van der Waals surface area contributed by atoms with Gasteiger partial charge in [-0.15, -0.1) is 0 Å². The van der Waals surface area contributed by atoms with Crippen molar-refractivity contribution in [2.24, 2.45) is 0 Å². The number of nitrogens with zero attached hydrogens (tertiary/aromatic N) is 1. The summed E-state index contributed by atoms with van der Waals surface area (Å²) < 4.78 is 7.45. The summed E-state index contributed by atoms with van der Waals surface area (Å²) in [6.45, 7) is 1.69. The largest absolute Gasteiger partial charge is 0.479 e. The number of ether oxygens (including phenoxy) is 1. The fourth-order valence-corrected chi connectivity index (χ4v) is 2.80. The van der Waals surface area contributed by atoms with Crippen LogP contribution >= 0.6 is 0 Å². The minimum atomic E-state index is -0.528. The zero-order chi connectivity index (χ0) is 18.1. The molecule has 1 aliphatic rings. The van der Waals surface area contributed by atoms with Crippen LogP contribution in [0.25, 0.3) is 5.69 Å². The Morgan fingerprint density at radius 3 is 2.73 bits per heavy atom. The van der Waals surface area contributed by atoms with E-state index < -0.39 is 6.10 Å². The Labute approximate surface area is 150 Å². The summed E-state index contributed by atoms with van der Waals surface area (Å²) >= 11 is 0. The molecule has 130 valence electrons. The van der Waals surface area contributed by atoms with Gasteiger partial charge in [-0.05, 0) is 55.5 Å². The van der Waals surface area contributed by atoms with Crippen LogP contribution < -0.4 is 15.4 Å². The molecule has 0 saturated heterocycles. The lowest BCUT2D eigenvalue weighted by molar-refractivity contribution is -0.122. The first-order valence-electron chi connectivity index (χ1n) is 8.26. The SMILES string of the molecule is C[C@@H]1Oc2ccc(NC(=O)c3cccc(-n4cccc4)c3)cc2NC1=O. The molecule has 1 atom stereocenters. The highest BCUT2D eigenvalue weighted by molar-refractivity contribution is 6.05. The van der Waals surface area contributed by atoms with Crippen molar-refractivity contribution in [3.05, 3.63) is 72.6 Å². The van der Waals surface area contributed by atoms with E-state index in [9.17, 15) is 9.59 Å². The first-order chi connectivity index (χ1) is 12.6. The maximum atomic E-state index is 12.6. The number of aromatic nitrogens is 1. The van der Waals surface area contributed by atoms with Crippen molar-refractivity contribution in [3.63, 3.8) is 0 Å². The normalized spacial score (nSPS) is 15.6. The highest BCUT2D eigenvalue weighted by Gasteiger charge is 2.23. The van der Waals surface area contributed by atoms with Crippen LogP contribution in [0, 0.1) is 0 Å². The second-order valence-electron chi connectivity index (χ2n) is 6.06. The van der Waals surface area contributed by atoms with E-state index in [-0.39, 0.29) is 11.8 Å². The molecule has 0 radical (unpaired) electrons. The summed E-state index contributed by atoms with van der Waals surface area (Å²) in [7, 11) is 0. The molecule has 6 nitrogen and oxygen atoms in total. The Hall–Kier alpha value is -3.54. The molecule has 3 aromatic rings. The Morgan fingerprint density at radius 2 is 1.92 bits per heavy atom. The molecule has 6 heteroatoms. The molecule has 0 bridgehead atoms. The van der Waals surface area contributed by atoms with Gasteiger partial charge in [0.1, 0.15) is 5.75 Å². The molecular weight excluding hydrogens is 330 g/mol. The summed E-state index contributed by atoms with van der Waals surface area (Å²) in [5.41, 5.74) is 2.58. The fraction of sp³-hybridized carbons (Fsp3) is 0.100. The van der Waals surface area contributed by atoms with Gasteiger partial charge in [0.2, 0.25) is 0 Å². The van der Waals surface area contributed by atoms with E-state index in [1.807, 2.05) is 47.3 Å². The summed E-state index contributed by atoms with van der Waals surface area (Å²) in [6.07, 6.45) is 3.31. The van der Waals surface area contributed by atoms with Gasteiger partial charge in [-0.1, -0.05) is 6.07 Å². The van der Waals surface area contributed by atoms with Gasteiger partial charge in [0, 0.05) is 29.3 Å². The van der Waals surface area contributed by atoms with Crippen LogP contribution in [0.2, 0.25) is 0 Å². The van der Waals surface area contributed by atoms with Gasteiger partial charge < -0.3 is 19.9 Å². The fourth-order valence-electron chi connectivity index (χ4n) is 2.80.